The van der Waals surface area contributed by atoms with Gasteiger partial charge in [-0.25, -0.2) is 5.43 Å². The summed E-state index contributed by atoms with van der Waals surface area (Å²) in [5, 5.41) is 5.38. The summed E-state index contributed by atoms with van der Waals surface area (Å²) in [7, 11) is 3.84. The molecule has 0 saturated carbocycles. The Labute approximate surface area is 167 Å². The van der Waals surface area contributed by atoms with Crippen LogP contribution in [0.1, 0.15) is 16.1 Å². The number of hydrogen-bond donors (Lipinski definition) is 1. The van der Waals surface area contributed by atoms with Crippen molar-refractivity contribution in [1.82, 2.24) is 5.43 Å². The van der Waals surface area contributed by atoms with E-state index in [0.29, 0.717) is 16.3 Å². The summed E-state index contributed by atoms with van der Waals surface area (Å²) in [6.07, 6.45) is 1.47. The van der Waals surface area contributed by atoms with E-state index in [2.05, 4.69) is 10.5 Å². The molecule has 1 heterocycles. The first kappa shape index (κ1) is 19.1. The predicted octanol–water partition coefficient (Wildman–Crippen LogP) is 4.91. The van der Waals surface area contributed by atoms with E-state index in [1.54, 1.807) is 18.2 Å². The summed E-state index contributed by atoms with van der Waals surface area (Å²) in [5.41, 5.74) is 3.99. The molecule has 0 unspecified atom stereocenters. The minimum Gasteiger partial charge on any atom is -0.448 e. The fourth-order valence-corrected chi connectivity index (χ4v) is 3.13. The molecule has 0 radical (unpaired) electrons. The summed E-state index contributed by atoms with van der Waals surface area (Å²) < 4.78 is 5.68. The van der Waals surface area contributed by atoms with Gasteiger partial charge >= 0.3 is 0 Å². The van der Waals surface area contributed by atoms with Gasteiger partial charge in [0.15, 0.2) is 5.09 Å². The van der Waals surface area contributed by atoms with Crippen molar-refractivity contribution in [3.05, 3.63) is 77.0 Å². The topological polar surface area (TPSA) is 57.8 Å². The number of carbonyl (C=O) groups is 1. The molecule has 3 rings (SSSR count). The van der Waals surface area contributed by atoms with Crippen LogP contribution >= 0.6 is 23.4 Å². The largest absolute Gasteiger partial charge is 0.448 e. The van der Waals surface area contributed by atoms with Crippen molar-refractivity contribution in [3.63, 3.8) is 0 Å². The van der Waals surface area contributed by atoms with Gasteiger partial charge in [-0.2, -0.15) is 5.10 Å². The number of nitrogens with zero attached hydrogens (tertiary/aromatic N) is 2. The second-order valence-electron chi connectivity index (χ2n) is 5.86. The van der Waals surface area contributed by atoms with Crippen LogP contribution in [-0.4, -0.2) is 26.2 Å². The van der Waals surface area contributed by atoms with Gasteiger partial charge in [0.1, 0.15) is 5.76 Å². The first-order chi connectivity index (χ1) is 13.0. The van der Waals surface area contributed by atoms with E-state index < -0.39 is 0 Å². The smallest absolute Gasteiger partial charge is 0.271 e. The van der Waals surface area contributed by atoms with Crippen LogP contribution in [0.2, 0.25) is 5.02 Å². The van der Waals surface area contributed by atoms with Gasteiger partial charge in [0.25, 0.3) is 5.91 Å². The highest BCUT2D eigenvalue weighted by Gasteiger charge is 2.06. The molecule has 0 aliphatic rings. The third-order valence-corrected chi connectivity index (χ3v) is 4.80. The van der Waals surface area contributed by atoms with Crippen molar-refractivity contribution in [2.24, 2.45) is 5.10 Å². The van der Waals surface area contributed by atoms with E-state index in [4.69, 9.17) is 16.0 Å². The molecule has 1 aromatic heterocycles. The van der Waals surface area contributed by atoms with Gasteiger partial charge in [0.05, 0.1) is 6.21 Å². The molecule has 0 saturated heterocycles. The number of benzene rings is 2. The van der Waals surface area contributed by atoms with Gasteiger partial charge in [-0.3, -0.25) is 4.79 Å². The monoisotopic (exact) mass is 399 g/mol. The molecule has 138 valence electrons. The molecule has 1 N–H and O–H groups in total. The molecule has 0 bridgehead atoms. The van der Waals surface area contributed by atoms with Crippen LogP contribution in [0, 0.1) is 0 Å². The van der Waals surface area contributed by atoms with E-state index in [-0.39, 0.29) is 5.91 Å². The van der Waals surface area contributed by atoms with Gasteiger partial charge in [0.2, 0.25) is 0 Å². The first-order valence-electron chi connectivity index (χ1n) is 8.15. The van der Waals surface area contributed by atoms with Gasteiger partial charge in [-0.1, -0.05) is 29.4 Å². The molecule has 0 spiro atoms. The average molecular weight is 400 g/mol. The second-order valence-corrected chi connectivity index (χ2v) is 7.37. The summed E-state index contributed by atoms with van der Waals surface area (Å²) in [4.78, 5) is 15.1. The number of hydrazone groups is 1. The Hall–Kier alpha value is -2.70. The molecule has 0 aliphatic heterocycles. The maximum atomic E-state index is 12.2. The zero-order valence-corrected chi connectivity index (χ0v) is 16.4. The van der Waals surface area contributed by atoms with Gasteiger partial charge in [0, 0.05) is 35.3 Å². The Kier molecular flexibility index (Phi) is 6.21. The molecule has 7 heteroatoms. The fraction of sp³-hybridized carbons (Fsp3) is 0.100. The SMILES string of the molecule is CN(C)c1cccc(C(=O)N/N=C\c2ccc(Sc3ccc(Cl)cc3)o2)c1. The lowest BCUT2D eigenvalue weighted by Crippen LogP contribution is -2.18. The number of halogens is 1. The lowest BCUT2D eigenvalue weighted by Gasteiger charge is -2.12. The van der Waals surface area contributed by atoms with Crippen LogP contribution in [-0.2, 0) is 0 Å². The molecule has 1 amide bonds. The van der Waals surface area contributed by atoms with Gasteiger partial charge in [-0.15, -0.1) is 0 Å². The summed E-state index contributed by atoms with van der Waals surface area (Å²) in [6.45, 7) is 0. The Morgan fingerprint density at radius 2 is 1.93 bits per heavy atom. The summed E-state index contributed by atoms with van der Waals surface area (Å²) in [5.74, 6) is 0.270. The van der Waals surface area contributed by atoms with Crippen LogP contribution in [0.15, 0.2) is 80.2 Å². The molecule has 0 aliphatic carbocycles. The molecule has 0 atom stereocenters. The highest BCUT2D eigenvalue weighted by Crippen LogP contribution is 2.29. The van der Waals surface area contributed by atoms with Crippen molar-refractivity contribution in [3.8, 4) is 0 Å². The Morgan fingerprint density at radius 1 is 1.15 bits per heavy atom. The summed E-state index contributed by atoms with van der Waals surface area (Å²) in [6, 6.07) is 18.5. The number of carbonyl (C=O) groups excluding carboxylic acids is 1. The van der Waals surface area contributed by atoms with E-state index >= 15 is 0 Å². The Morgan fingerprint density at radius 3 is 2.67 bits per heavy atom. The van der Waals surface area contributed by atoms with Crippen molar-refractivity contribution in [2.45, 2.75) is 9.99 Å². The normalized spacial score (nSPS) is 10.9. The molecule has 0 fully saturated rings. The van der Waals surface area contributed by atoms with Crippen molar-refractivity contribution in [2.75, 3.05) is 19.0 Å². The minimum atomic E-state index is -0.280. The first-order valence-corrected chi connectivity index (χ1v) is 9.35. The van der Waals surface area contributed by atoms with Crippen LogP contribution < -0.4 is 10.3 Å². The quantitative estimate of drug-likeness (QED) is 0.472. The predicted molar refractivity (Wildman–Crippen MR) is 110 cm³/mol. The maximum absolute atomic E-state index is 12.2. The molecular weight excluding hydrogens is 382 g/mol. The second kappa shape index (κ2) is 8.79. The zero-order valence-electron chi connectivity index (χ0n) is 14.8. The average Bonchev–Trinajstić information content (AvgIpc) is 3.11. The standard InChI is InChI=1S/C20H18ClN3O2S/c1-24(2)16-5-3-4-14(12-16)20(25)23-22-13-17-8-11-19(26-17)27-18-9-6-15(21)7-10-18/h3-13H,1-2H3,(H,23,25)/b22-13-. The molecule has 3 aromatic rings. The number of hydrogen-bond acceptors (Lipinski definition) is 5. The van der Waals surface area contributed by atoms with Gasteiger partial charge in [-0.05, 0) is 54.6 Å². The lowest BCUT2D eigenvalue weighted by atomic mass is 10.2. The Balaban J connectivity index is 1.58. The van der Waals surface area contributed by atoms with E-state index in [1.165, 1.54) is 18.0 Å². The van der Waals surface area contributed by atoms with Gasteiger partial charge < -0.3 is 9.32 Å². The highest BCUT2D eigenvalue weighted by atomic mass is 35.5. The van der Waals surface area contributed by atoms with E-state index in [0.717, 1.165) is 15.7 Å². The number of nitrogens with one attached hydrogen (secondary N) is 1. The minimum absolute atomic E-state index is 0.280. The van der Waals surface area contributed by atoms with Crippen molar-refractivity contribution in [1.29, 1.82) is 0 Å². The lowest BCUT2D eigenvalue weighted by molar-refractivity contribution is 0.0955. The zero-order chi connectivity index (χ0) is 19.2. The number of anilines is 1. The third-order valence-electron chi connectivity index (χ3n) is 3.62. The number of amides is 1. The molecular formula is C20H18ClN3O2S. The maximum Gasteiger partial charge on any atom is 0.271 e. The number of rotatable bonds is 6. The van der Waals surface area contributed by atoms with Crippen LogP contribution in [0.4, 0.5) is 5.69 Å². The van der Waals surface area contributed by atoms with Crippen molar-refractivity contribution < 1.29 is 9.21 Å². The summed E-state index contributed by atoms with van der Waals surface area (Å²) >= 11 is 7.36. The number of furan rings is 1. The molecule has 5 nitrogen and oxygen atoms in total. The Bertz CT molecular complexity index is 952. The molecule has 27 heavy (non-hydrogen) atoms. The van der Waals surface area contributed by atoms with E-state index in [1.807, 2.05) is 61.5 Å². The molecule has 2 aromatic carbocycles. The van der Waals surface area contributed by atoms with Crippen molar-refractivity contribution >= 4 is 41.2 Å². The van der Waals surface area contributed by atoms with Crippen LogP contribution in [0.3, 0.4) is 0 Å². The third kappa shape index (κ3) is 5.39. The fourth-order valence-electron chi connectivity index (χ4n) is 2.22. The highest BCUT2D eigenvalue weighted by molar-refractivity contribution is 7.99. The van der Waals surface area contributed by atoms with E-state index in [9.17, 15) is 4.79 Å². The van der Waals surface area contributed by atoms with Crippen LogP contribution in [0.5, 0.6) is 0 Å². The van der Waals surface area contributed by atoms with Crippen LogP contribution in [0.25, 0.3) is 0 Å².